The van der Waals surface area contributed by atoms with E-state index in [1.807, 2.05) is 0 Å². The van der Waals surface area contributed by atoms with Gasteiger partial charge in [0.1, 0.15) is 9.84 Å². The molecule has 0 aliphatic rings. The van der Waals surface area contributed by atoms with Crippen molar-refractivity contribution in [1.29, 1.82) is 0 Å². The molecular weight excluding hydrogens is 254 g/mol. The van der Waals surface area contributed by atoms with Gasteiger partial charge in [0.15, 0.2) is 0 Å². The van der Waals surface area contributed by atoms with Gasteiger partial charge in [0.05, 0.1) is 5.75 Å². The van der Waals surface area contributed by atoms with Crippen molar-refractivity contribution in [2.45, 2.75) is 32.2 Å². The molecule has 0 spiro atoms. The average molecular weight is 275 g/mol. The zero-order valence-electron chi connectivity index (χ0n) is 10.5. The lowest BCUT2D eigenvalue weighted by molar-refractivity contribution is 0.506. The quantitative estimate of drug-likeness (QED) is 0.790. The molecule has 1 aromatic heterocycles. The highest BCUT2D eigenvalue weighted by Gasteiger charge is 2.14. The molecule has 3 nitrogen and oxygen atoms in total. The molecule has 1 rings (SSSR count). The van der Waals surface area contributed by atoms with Gasteiger partial charge < -0.3 is 5.32 Å². The first-order valence-electron chi connectivity index (χ1n) is 5.93. The highest BCUT2D eigenvalue weighted by atomic mass is 32.2. The van der Waals surface area contributed by atoms with E-state index in [2.05, 4.69) is 29.1 Å². The van der Waals surface area contributed by atoms with E-state index in [1.165, 1.54) is 11.8 Å². The summed E-state index contributed by atoms with van der Waals surface area (Å²) in [6, 6.07) is 2.17. The fraction of sp³-hybridized carbons (Fsp3) is 0.667. The Kier molecular flexibility index (Phi) is 6.16. The van der Waals surface area contributed by atoms with Gasteiger partial charge in [-0.05, 0) is 48.2 Å². The third-order valence-corrected chi connectivity index (χ3v) is 4.29. The van der Waals surface area contributed by atoms with E-state index < -0.39 is 9.84 Å². The maximum absolute atomic E-state index is 11.3. The Hall–Kier alpha value is -0.390. The number of sulfone groups is 1. The summed E-state index contributed by atoms with van der Waals surface area (Å²) in [6.45, 7) is 2.97. The number of rotatable bonds is 8. The molecule has 1 atom stereocenters. The van der Waals surface area contributed by atoms with Crippen LogP contribution in [-0.2, 0) is 16.3 Å². The maximum Gasteiger partial charge on any atom is 0.148 e. The van der Waals surface area contributed by atoms with Crippen molar-refractivity contribution in [2.24, 2.45) is 0 Å². The van der Waals surface area contributed by atoms with Gasteiger partial charge in [-0.3, -0.25) is 0 Å². The van der Waals surface area contributed by atoms with Crippen LogP contribution in [-0.4, -0.2) is 33.0 Å². The van der Waals surface area contributed by atoms with Crippen LogP contribution in [0.1, 0.15) is 25.3 Å². The topological polar surface area (TPSA) is 46.2 Å². The van der Waals surface area contributed by atoms with Gasteiger partial charge in [-0.1, -0.05) is 6.92 Å². The normalized spacial score (nSPS) is 13.8. The van der Waals surface area contributed by atoms with Crippen LogP contribution < -0.4 is 5.32 Å². The second-order valence-corrected chi connectivity index (χ2v) is 7.38. The Bertz CT molecular complexity index is 398. The van der Waals surface area contributed by atoms with Crippen LogP contribution in [0.15, 0.2) is 16.8 Å². The summed E-state index contributed by atoms with van der Waals surface area (Å²) in [5.74, 6) is 0.233. The lowest BCUT2D eigenvalue weighted by atomic mass is 10.1. The summed E-state index contributed by atoms with van der Waals surface area (Å²) in [4.78, 5) is 0. The van der Waals surface area contributed by atoms with E-state index in [-0.39, 0.29) is 11.8 Å². The Labute approximate surface area is 108 Å². The fourth-order valence-corrected chi connectivity index (χ4v) is 3.45. The Morgan fingerprint density at radius 1 is 1.47 bits per heavy atom. The molecule has 0 radical (unpaired) electrons. The molecule has 0 saturated carbocycles. The van der Waals surface area contributed by atoms with Crippen molar-refractivity contribution in [3.63, 3.8) is 0 Å². The zero-order chi connectivity index (χ0) is 12.7. The monoisotopic (exact) mass is 275 g/mol. The van der Waals surface area contributed by atoms with E-state index in [0.29, 0.717) is 0 Å². The van der Waals surface area contributed by atoms with Crippen molar-refractivity contribution in [3.05, 3.63) is 22.4 Å². The molecule has 5 heteroatoms. The Balaban J connectivity index is 2.45. The van der Waals surface area contributed by atoms with E-state index in [0.717, 1.165) is 25.8 Å². The summed E-state index contributed by atoms with van der Waals surface area (Å²) < 4.78 is 22.7. The Morgan fingerprint density at radius 3 is 2.76 bits per heavy atom. The highest BCUT2D eigenvalue weighted by Crippen LogP contribution is 2.10. The van der Waals surface area contributed by atoms with Crippen molar-refractivity contribution in [1.82, 2.24) is 5.32 Å². The predicted octanol–water partition coefficient (Wildman–Crippen LogP) is 2.09. The molecule has 0 amide bonds. The van der Waals surface area contributed by atoms with Crippen LogP contribution >= 0.6 is 11.3 Å². The first-order valence-corrected chi connectivity index (χ1v) is 8.94. The van der Waals surface area contributed by atoms with E-state index in [9.17, 15) is 8.42 Å². The van der Waals surface area contributed by atoms with E-state index >= 15 is 0 Å². The SMILES string of the molecule is CCCNC(CCc1ccsc1)CS(C)(=O)=O. The lowest BCUT2D eigenvalue weighted by Crippen LogP contribution is -2.36. The summed E-state index contributed by atoms with van der Waals surface area (Å²) in [6.07, 6.45) is 4.15. The van der Waals surface area contributed by atoms with Gasteiger partial charge in [-0.15, -0.1) is 0 Å². The third kappa shape index (κ3) is 6.81. The molecule has 98 valence electrons. The molecule has 0 aliphatic carbocycles. The average Bonchev–Trinajstić information content (AvgIpc) is 2.73. The molecule has 1 aromatic rings. The summed E-state index contributed by atoms with van der Waals surface area (Å²) in [5, 5.41) is 7.49. The minimum absolute atomic E-state index is 0.0739. The van der Waals surface area contributed by atoms with E-state index in [1.54, 1.807) is 11.3 Å². The third-order valence-electron chi connectivity index (χ3n) is 2.55. The first kappa shape index (κ1) is 14.7. The molecule has 1 heterocycles. The van der Waals surface area contributed by atoms with Crippen LogP contribution in [0, 0.1) is 0 Å². The second-order valence-electron chi connectivity index (χ2n) is 4.41. The second kappa shape index (κ2) is 7.13. The maximum atomic E-state index is 11.3. The van der Waals surface area contributed by atoms with Crippen LogP contribution in [0.3, 0.4) is 0 Å². The number of nitrogens with one attached hydrogen (secondary N) is 1. The van der Waals surface area contributed by atoms with Gasteiger partial charge in [0.2, 0.25) is 0 Å². The van der Waals surface area contributed by atoms with Crippen LogP contribution in [0.2, 0.25) is 0 Å². The number of hydrogen-bond acceptors (Lipinski definition) is 4. The van der Waals surface area contributed by atoms with Crippen LogP contribution in [0.25, 0.3) is 0 Å². The molecule has 0 fully saturated rings. The van der Waals surface area contributed by atoms with Gasteiger partial charge in [-0.2, -0.15) is 11.3 Å². The smallest absolute Gasteiger partial charge is 0.148 e. The molecule has 1 N–H and O–H groups in total. The number of aryl methyl sites for hydroxylation is 1. The minimum Gasteiger partial charge on any atom is -0.313 e. The first-order chi connectivity index (χ1) is 8.01. The number of thiophene rings is 1. The summed E-state index contributed by atoms with van der Waals surface area (Å²) >= 11 is 1.68. The fourth-order valence-electron chi connectivity index (χ4n) is 1.73. The number of hydrogen-bond donors (Lipinski definition) is 1. The molecule has 0 saturated heterocycles. The van der Waals surface area contributed by atoms with Crippen LogP contribution in [0.4, 0.5) is 0 Å². The van der Waals surface area contributed by atoms with Crippen molar-refractivity contribution in [2.75, 3.05) is 18.6 Å². The van der Waals surface area contributed by atoms with Gasteiger partial charge in [-0.25, -0.2) is 8.42 Å². The van der Waals surface area contributed by atoms with Gasteiger partial charge >= 0.3 is 0 Å². The molecule has 1 unspecified atom stereocenters. The van der Waals surface area contributed by atoms with E-state index in [4.69, 9.17) is 0 Å². The van der Waals surface area contributed by atoms with Crippen molar-refractivity contribution < 1.29 is 8.42 Å². The predicted molar refractivity (Wildman–Crippen MR) is 74.4 cm³/mol. The zero-order valence-corrected chi connectivity index (χ0v) is 12.1. The molecule has 0 bridgehead atoms. The lowest BCUT2D eigenvalue weighted by Gasteiger charge is -2.17. The minimum atomic E-state index is -2.90. The van der Waals surface area contributed by atoms with Gasteiger partial charge in [0.25, 0.3) is 0 Å². The van der Waals surface area contributed by atoms with Crippen LogP contribution in [0.5, 0.6) is 0 Å². The molecule has 17 heavy (non-hydrogen) atoms. The molecule has 0 aliphatic heterocycles. The summed E-state index contributed by atoms with van der Waals surface area (Å²) in [5.41, 5.74) is 1.30. The van der Waals surface area contributed by atoms with Crippen molar-refractivity contribution in [3.8, 4) is 0 Å². The Morgan fingerprint density at radius 2 is 2.24 bits per heavy atom. The summed E-state index contributed by atoms with van der Waals surface area (Å²) in [7, 11) is -2.90. The molecular formula is C12H21NO2S2. The molecule has 0 aromatic carbocycles. The standard InChI is InChI=1S/C12H21NO2S2/c1-3-7-13-12(10-17(2,14)15)5-4-11-6-8-16-9-11/h6,8-9,12-13H,3-5,7,10H2,1-2H3. The van der Waals surface area contributed by atoms with Crippen molar-refractivity contribution >= 4 is 21.2 Å². The van der Waals surface area contributed by atoms with Gasteiger partial charge in [0, 0.05) is 12.3 Å². The largest absolute Gasteiger partial charge is 0.313 e. The highest BCUT2D eigenvalue weighted by molar-refractivity contribution is 7.90.